The molecule has 0 fully saturated rings. The topological polar surface area (TPSA) is 67.8 Å². The number of amidine groups is 1. The maximum absolute atomic E-state index is 8.58. The second-order valence-electron chi connectivity index (χ2n) is 4.94. The van der Waals surface area contributed by atoms with Crippen molar-refractivity contribution in [3.63, 3.8) is 0 Å². The smallest absolute Gasteiger partial charge is 0.144 e. The Morgan fingerprint density at radius 3 is 2.53 bits per heavy atom. The summed E-state index contributed by atoms with van der Waals surface area (Å²) in [6, 6.07) is 0. The summed E-state index contributed by atoms with van der Waals surface area (Å²) in [6.45, 7) is 9.71. The van der Waals surface area contributed by atoms with Gasteiger partial charge in [0.05, 0.1) is 0 Å². The van der Waals surface area contributed by atoms with Crippen molar-refractivity contribution in [2.24, 2.45) is 22.2 Å². The largest absolute Gasteiger partial charge is 0.409 e. The summed E-state index contributed by atoms with van der Waals surface area (Å²) >= 11 is 0. The fourth-order valence-electron chi connectivity index (χ4n) is 1.20. The molecule has 15 heavy (non-hydrogen) atoms. The van der Waals surface area contributed by atoms with E-state index < -0.39 is 0 Å². The van der Waals surface area contributed by atoms with Crippen LogP contribution in [-0.4, -0.2) is 24.3 Å². The first-order valence-electron chi connectivity index (χ1n) is 5.46. The Morgan fingerprint density at radius 2 is 2.07 bits per heavy atom. The van der Waals surface area contributed by atoms with Crippen LogP contribution in [0.4, 0.5) is 0 Å². The van der Waals surface area contributed by atoms with Gasteiger partial charge in [0, 0.05) is 18.6 Å². The van der Waals surface area contributed by atoms with E-state index in [2.05, 4.69) is 19.0 Å². The Balaban J connectivity index is 3.67. The van der Waals surface area contributed by atoms with Gasteiger partial charge < -0.3 is 15.7 Å². The number of hydrogen-bond acceptors (Lipinski definition) is 3. The van der Waals surface area contributed by atoms with E-state index in [1.165, 1.54) is 0 Å². The van der Waals surface area contributed by atoms with Gasteiger partial charge in [0.15, 0.2) is 0 Å². The van der Waals surface area contributed by atoms with E-state index in [1.807, 2.05) is 13.8 Å². The summed E-state index contributed by atoms with van der Waals surface area (Å²) in [5.41, 5.74) is 5.32. The van der Waals surface area contributed by atoms with Gasteiger partial charge >= 0.3 is 0 Å². The quantitative estimate of drug-likeness (QED) is 0.225. The maximum Gasteiger partial charge on any atom is 0.144 e. The van der Waals surface area contributed by atoms with Gasteiger partial charge in [-0.3, -0.25) is 0 Å². The number of nitrogens with two attached hydrogens (primary N) is 1. The normalized spacial score (nSPS) is 13.5. The predicted molar refractivity (Wildman–Crippen MR) is 62.1 cm³/mol. The zero-order valence-electron chi connectivity index (χ0n) is 10.3. The fraction of sp³-hybridized carbons (Fsp3) is 0.909. The van der Waals surface area contributed by atoms with Crippen molar-refractivity contribution in [1.29, 1.82) is 0 Å². The van der Waals surface area contributed by atoms with Crippen molar-refractivity contribution in [3.8, 4) is 0 Å². The van der Waals surface area contributed by atoms with Crippen LogP contribution in [0.2, 0.25) is 0 Å². The molecule has 0 aromatic carbocycles. The van der Waals surface area contributed by atoms with E-state index in [1.54, 1.807) is 0 Å². The Bertz CT molecular complexity index is 201. The molecule has 0 unspecified atom stereocenters. The molecule has 0 saturated heterocycles. The van der Waals surface area contributed by atoms with E-state index in [4.69, 9.17) is 15.7 Å². The first kappa shape index (κ1) is 14.2. The second kappa shape index (κ2) is 6.67. The number of ether oxygens (including phenoxy) is 1. The highest BCUT2D eigenvalue weighted by atomic mass is 16.5. The van der Waals surface area contributed by atoms with Crippen LogP contribution in [0.3, 0.4) is 0 Å². The van der Waals surface area contributed by atoms with Crippen molar-refractivity contribution >= 4 is 5.84 Å². The van der Waals surface area contributed by atoms with Gasteiger partial charge in [-0.05, 0) is 18.8 Å². The predicted octanol–water partition coefficient (Wildman–Crippen LogP) is 2.21. The Kier molecular flexibility index (Phi) is 6.32. The highest BCUT2D eigenvalue weighted by molar-refractivity contribution is 5.85. The van der Waals surface area contributed by atoms with Crippen molar-refractivity contribution in [2.75, 3.05) is 13.2 Å². The summed E-state index contributed by atoms with van der Waals surface area (Å²) in [6.07, 6.45) is 1.79. The molecule has 4 heteroatoms. The second-order valence-corrected chi connectivity index (χ2v) is 4.94. The third-order valence-electron chi connectivity index (χ3n) is 2.34. The minimum atomic E-state index is -0.254. The first-order chi connectivity index (χ1) is 6.90. The average Bonchev–Trinajstić information content (AvgIpc) is 2.15. The minimum Gasteiger partial charge on any atom is -0.409 e. The molecule has 0 amide bonds. The van der Waals surface area contributed by atoms with Gasteiger partial charge in [-0.25, -0.2) is 0 Å². The molecule has 0 saturated carbocycles. The average molecular weight is 216 g/mol. The molecular formula is C11H24N2O2. The number of oxime groups is 1. The van der Waals surface area contributed by atoms with E-state index >= 15 is 0 Å². The fourth-order valence-corrected chi connectivity index (χ4v) is 1.20. The lowest BCUT2D eigenvalue weighted by Gasteiger charge is -2.22. The third kappa shape index (κ3) is 6.33. The van der Waals surface area contributed by atoms with Crippen LogP contribution in [0.15, 0.2) is 5.16 Å². The van der Waals surface area contributed by atoms with Crippen LogP contribution in [0.5, 0.6) is 0 Å². The molecular weight excluding hydrogens is 192 g/mol. The Labute approximate surface area is 92.5 Å². The van der Waals surface area contributed by atoms with E-state index in [-0.39, 0.29) is 11.3 Å². The molecule has 4 nitrogen and oxygen atoms in total. The number of nitrogens with zero attached hydrogens (tertiary/aromatic N) is 1. The van der Waals surface area contributed by atoms with Crippen LogP contribution in [0, 0.1) is 11.3 Å². The molecule has 0 spiro atoms. The summed E-state index contributed by atoms with van der Waals surface area (Å²) in [5.74, 6) is 0.855. The molecule has 0 heterocycles. The highest BCUT2D eigenvalue weighted by Crippen LogP contribution is 2.22. The Hall–Kier alpha value is -0.770. The van der Waals surface area contributed by atoms with Crippen molar-refractivity contribution in [3.05, 3.63) is 0 Å². The zero-order valence-corrected chi connectivity index (χ0v) is 10.3. The van der Waals surface area contributed by atoms with E-state index in [0.29, 0.717) is 5.92 Å². The lowest BCUT2D eigenvalue weighted by molar-refractivity contribution is 0.103. The highest BCUT2D eigenvalue weighted by Gasteiger charge is 2.22. The summed E-state index contributed by atoms with van der Waals surface area (Å²) in [5, 5.41) is 11.6. The maximum atomic E-state index is 8.58. The van der Waals surface area contributed by atoms with Crippen molar-refractivity contribution < 1.29 is 9.94 Å². The van der Waals surface area contributed by atoms with Crippen molar-refractivity contribution in [1.82, 2.24) is 0 Å². The summed E-state index contributed by atoms with van der Waals surface area (Å²) in [7, 11) is 0. The van der Waals surface area contributed by atoms with Crippen LogP contribution < -0.4 is 5.73 Å². The van der Waals surface area contributed by atoms with Gasteiger partial charge in [0.2, 0.25) is 0 Å². The van der Waals surface area contributed by atoms with Crippen LogP contribution in [0.1, 0.15) is 40.5 Å². The molecule has 0 aromatic heterocycles. The van der Waals surface area contributed by atoms with Gasteiger partial charge in [0.1, 0.15) is 5.84 Å². The standard InChI is InChI=1S/C11H24N2O2/c1-9(2)8-15-7-5-6-11(3,4)10(12)13-14/h9,14H,5-8H2,1-4H3,(H2,12,13). The number of hydrogen-bond donors (Lipinski definition) is 2. The number of rotatable bonds is 7. The first-order valence-corrected chi connectivity index (χ1v) is 5.46. The molecule has 0 bridgehead atoms. The molecule has 0 aromatic rings. The van der Waals surface area contributed by atoms with Gasteiger partial charge in [-0.1, -0.05) is 32.9 Å². The lowest BCUT2D eigenvalue weighted by atomic mass is 9.87. The van der Waals surface area contributed by atoms with Crippen LogP contribution in [-0.2, 0) is 4.74 Å². The monoisotopic (exact) mass is 216 g/mol. The van der Waals surface area contributed by atoms with Gasteiger partial charge in [-0.2, -0.15) is 0 Å². The molecule has 0 radical (unpaired) electrons. The van der Waals surface area contributed by atoms with E-state index in [0.717, 1.165) is 26.1 Å². The van der Waals surface area contributed by atoms with Gasteiger partial charge in [-0.15, -0.1) is 0 Å². The molecule has 0 aliphatic carbocycles. The van der Waals surface area contributed by atoms with Crippen LogP contribution >= 0.6 is 0 Å². The SMILES string of the molecule is CC(C)COCCCC(C)(C)C(N)=NO. The van der Waals surface area contributed by atoms with Crippen LogP contribution in [0.25, 0.3) is 0 Å². The summed E-state index contributed by atoms with van der Waals surface area (Å²) in [4.78, 5) is 0. The zero-order chi connectivity index (χ0) is 11.9. The molecule has 0 atom stereocenters. The lowest BCUT2D eigenvalue weighted by Crippen LogP contribution is -2.32. The molecule has 0 aliphatic heterocycles. The molecule has 0 aliphatic rings. The van der Waals surface area contributed by atoms with Gasteiger partial charge in [0.25, 0.3) is 0 Å². The Morgan fingerprint density at radius 1 is 1.47 bits per heavy atom. The molecule has 3 N–H and O–H groups in total. The third-order valence-corrected chi connectivity index (χ3v) is 2.34. The molecule has 90 valence electrons. The minimum absolute atomic E-state index is 0.254. The van der Waals surface area contributed by atoms with Crippen molar-refractivity contribution in [2.45, 2.75) is 40.5 Å². The van der Waals surface area contributed by atoms with E-state index in [9.17, 15) is 0 Å². The molecule has 0 rings (SSSR count). The summed E-state index contributed by atoms with van der Waals surface area (Å²) < 4.78 is 5.46.